The molecule has 0 bridgehead atoms. The first kappa shape index (κ1) is 17.8. The number of benzene rings is 1. The third kappa shape index (κ3) is 3.70. The molecular formula is C15H18BClFN3O2. The second-order valence-electron chi connectivity index (χ2n) is 6.31. The molecule has 0 atom stereocenters. The van der Waals surface area contributed by atoms with Crippen LogP contribution >= 0.6 is 11.6 Å². The minimum Gasteiger partial charge on any atom is -0.398 e. The Labute approximate surface area is 140 Å². The van der Waals surface area contributed by atoms with Crippen molar-refractivity contribution in [2.24, 2.45) is 5.11 Å². The summed E-state index contributed by atoms with van der Waals surface area (Å²) < 4.78 is 26.4. The van der Waals surface area contributed by atoms with Crippen LogP contribution in [0.15, 0.2) is 35.1 Å². The number of azide groups is 1. The van der Waals surface area contributed by atoms with E-state index in [-0.39, 0.29) is 12.1 Å². The highest BCUT2D eigenvalue weighted by Gasteiger charge is 2.53. The van der Waals surface area contributed by atoms with E-state index >= 15 is 0 Å². The normalized spacial score (nSPS) is 20.0. The Morgan fingerprint density at radius 2 is 1.74 bits per heavy atom. The number of nitrogens with zero attached hydrogens (tertiary/aromatic N) is 3. The zero-order valence-corrected chi connectivity index (χ0v) is 14.3. The fourth-order valence-corrected chi connectivity index (χ4v) is 2.27. The minimum absolute atomic E-state index is 0.145. The fourth-order valence-electron chi connectivity index (χ4n) is 2.15. The van der Waals surface area contributed by atoms with Crippen LogP contribution in [0.1, 0.15) is 33.3 Å². The van der Waals surface area contributed by atoms with E-state index < -0.39 is 24.0 Å². The molecule has 1 heterocycles. The summed E-state index contributed by atoms with van der Waals surface area (Å²) in [5.41, 5.74) is 7.43. The van der Waals surface area contributed by atoms with Crippen molar-refractivity contribution in [3.8, 4) is 0 Å². The summed E-state index contributed by atoms with van der Waals surface area (Å²) >= 11 is 5.86. The summed E-state index contributed by atoms with van der Waals surface area (Å²) in [5, 5.41) is 4.01. The lowest BCUT2D eigenvalue weighted by Gasteiger charge is -2.32. The van der Waals surface area contributed by atoms with Gasteiger partial charge in [0.05, 0.1) is 17.7 Å². The maximum absolute atomic E-state index is 15.0. The van der Waals surface area contributed by atoms with Crippen molar-refractivity contribution < 1.29 is 13.7 Å². The summed E-state index contributed by atoms with van der Waals surface area (Å²) in [4.78, 5) is 2.70. The molecule has 1 aromatic carbocycles. The zero-order valence-electron chi connectivity index (χ0n) is 13.5. The Balaban J connectivity index is 2.42. The van der Waals surface area contributed by atoms with Gasteiger partial charge in [-0.05, 0) is 56.5 Å². The summed E-state index contributed by atoms with van der Waals surface area (Å²) in [6.07, 6.45) is 0. The number of rotatable bonds is 4. The molecule has 0 spiro atoms. The molecule has 0 aliphatic carbocycles. The van der Waals surface area contributed by atoms with Crippen molar-refractivity contribution in [2.45, 2.75) is 38.9 Å². The van der Waals surface area contributed by atoms with E-state index in [0.29, 0.717) is 10.6 Å². The van der Waals surface area contributed by atoms with E-state index in [1.165, 1.54) is 0 Å². The Morgan fingerprint density at radius 3 is 2.22 bits per heavy atom. The highest BCUT2D eigenvalue weighted by Crippen LogP contribution is 2.40. The molecule has 1 fully saturated rings. The van der Waals surface area contributed by atoms with Gasteiger partial charge in [0.15, 0.2) is 0 Å². The number of halogens is 2. The van der Waals surface area contributed by atoms with E-state index in [4.69, 9.17) is 26.4 Å². The van der Waals surface area contributed by atoms with Crippen LogP contribution in [-0.4, -0.2) is 24.9 Å². The summed E-state index contributed by atoms with van der Waals surface area (Å²) in [6, 6.07) is 6.61. The van der Waals surface area contributed by atoms with Gasteiger partial charge < -0.3 is 9.31 Å². The largest absolute Gasteiger partial charge is 0.525 e. The van der Waals surface area contributed by atoms with Crippen molar-refractivity contribution >= 4 is 24.3 Å². The van der Waals surface area contributed by atoms with Gasteiger partial charge >= 0.3 is 7.12 Å². The average molecular weight is 338 g/mol. The Bertz CT molecular complexity index is 654. The lowest BCUT2D eigenvalue weighted by molar-refractivity contribution is 0.00578. The Kier molecular flexibility index (Phi) is 5.06. The van der Waals surface area contributed by atoms with Crippen molar-refractivity contribution in [1.29, 1.82) is 0 Å². The molecule has 1 aliphatic heterocycles. The summed E-state index contributed by atoms with van der Waals surface area (Å²) in [7, 11) is -1.14. The molecule has 5 nitrogen and oxygen atoms in total. The maximum atomic E-state index is 15.0. The fraction of sp³-hybridized carbons (Fsp3) is 0.467. The van der Waals surface area contributed by atoms with Crippen LogP contribution in [0.2, 0.25) is 5.02 Å². The van der Waals surface area contributed by atoms with Crippen molar-refractivity contribution in [1.82, 2.24) is 0 Å². The highest BCUT2D eigenvalue weighted by atomic mass is 35.5. The lowest BCUT2D eigenvalue weighted by atomic mass is 9.82. The van der Waals surface area contributed by atoms with Crippen LogP contribution in [0.3, 0.4) is 0 Å². The minimum atomic E-state index is -1.14. The van der Waals surface area contributed by atoms with Gasteiger partial charge in [-0.15, -0.1) is 0 Å². The van der Waals surface area contributed by atoms with E-state index in [1.807, 2.05) is 27.7 Å². The standard InChI is InChI=1S/C15H18BClFN3O2/c1-14(2)15(3,4)23-16(22-14)13(18)12(9-20-21-19)10-5-7-11(17)8-6-10/h5-8H,9H2,1-4H3. The topological polar surface area (TPSA) is 67.2 Å². The molecule has 0 unspecified atom stereocenters. The third-order valence-electron chi connectivity index (χ3n) is 4.23. The molecule has 0 aromatic heterocycles. The first-order valence-corrected chi connectivity index (χ1v) is 7.57. The van der Waals surface area contributed by atoms with Gasteiger partial charge in [0, 0.05) is 9.93 Å². The predicted molar refractivity (Wildman–Crippen MR) is 89.6 cm³/mol. The van der Waals surface area contributed by atoms with Crippen molar-refractivity contribution in [3.05, 3.63) is 51.0 Å². The highest BCUT2D eigenvalue weighted by molar-refractivity contribution is 6.55. The molecule has 0 radical (unpaired) electrons. The zero-order chi connectivity index (χ0) is 17.3. The second-order valence-corrected chi connectivity index (χ2v) is 6.75. The Hall–Kier alpha value is -1.53. The molecule has 1 aliphatic rings. The van der Waals surface area contributed by atoms with Gasteiger partial charge in [-0.25, -0.2) is 4.39 Å². The molecule has 2 rings (SSSR count). The molecule has 23 heavy (non-hydrogen) atoms. The molecule has 1 aromatic rings. The molecule has 0 saturated carbocycles. The lowest BCUT2D eigenvalue weighted by Crippen LogP contribution is -2.41. The first-order chi connectivity index (χ1) is 10.7. The summed E-state index contributed by atoms with van der Waals surface area (Å²) in [5.74, 6) is 0. The van der Waals surface area contributed by atoms with Crippen molar-refractivity contribution in [2.75, 3.05) is 6.54 Å². The third-order valence-corrected chi connectivity index (χ3v) is 4.49. The van der Waals surface area contributed by atoms with Gasteiger partial charge in [0.1, 0.15) is 5.73 Å². The maximum Gasteiger partial charge on any atom is 0.525 e. The molecule has 8 heteroatoms. The van der Waals surface area contributed by atoms with E-state index in [9.17, 15) is 4.39 Å². The number of hydrogen-bond donors (Lipinski definition) is 0. The predicted octanol–water partition coefficient (Wildman–Crippen LogP) is 4.96. The van der Waals surface area contributed by atoms with E-state index in [1.54, 1.807) is 24.3 Å². The van der Waals surface area contributed by atoms with E-state index in [2.05, 4.69) is 10.0 Å². The van der Waals surface area contributed by atoms with Crippen LogP contribution < -0.4 is 0 Å². The molecule has 0 N–H and O–H groups in total. The van der Waals surface area contributed by atoms with Gasteiger partial charge in [-0.2, -0.15) is 0 Å². The number of hydrogen-bond acceptors (Lipinski definition) is 3. The molecule has 0 amide bonds. The van der Waals surface area contributed by atoms with Gasteiger partial charge in [0.25, 0.3) is 0 Å². The quantitative estimate of drug-likeness (QED) is 0.337. The smallest absolute Gasteiger partial charge is 0.398 e. The first-order valence-electron chi connectivity index (χ1n) is 7.19. The van der Waals surface area contributed by atoms with Crippen LogP contribution in [0.25, 0.3) is 16.0 Å². The van der Waals surface area contributed by atoms with Gasteiger partial charge in [-0.3, -0.25) is 0 Å². The van der Waals surface area contributed by atoms with Gasteiger partial charge in [-0.1, -0.05) is 28.8 Å². The van der Waals surface area contributed by atoms with Crippen molar-refractivity contribution in [3.63, 3.8) is 0 Å². The molecule has 122 valence electrons. The van der Waals surface area contributed by atoms with Crippen LogP contribution in [0.5, 0.6) is 0 Å². The second kappa shape index (κ2) is 6.53. The van der Waals surface area contributed by atoms with Crippen LogP contribution in [0.4, 0.5) is 4.39 Å². The summed E-state index contributed by atoms with van der Waals surface area (Å²) in [6.45, 7) is 7.23. The average Bonchev–Trinajstić information content (AvgIpc) is 2.69. The van der Waals surface area contributed by atoms with Gasteiger partial charge in [0.2, 0.25) is 0 Å². The SMILES string of the molecule is CC1(C)OB(C(F)=C(CN=[N+]=[N-])c2ccc(Cl)cc2)OC1(C)C. The molecule has 1 saturated heterocycles. The Morgan fingerprint density at radius 1 is 1.22 bits per heavy atom. The van der Waals surface area contributed by atoms with E-state index in [0.717, 1.165) is 0 Å². The monoisotopic (exact) mass is 337 g/mol. The van der Waals surface area contributed by atoms with Crippen LogP contribution in [-0.2, 0) is 9.31 Å². The molecular weight excluding hydrogens is 319 g/mol. The van der Waals surface area contributed by atoms with Crippen LogP contribution in [0, 0.1) is 0 Å².